The summed E-state index contributed by atoms with van der Waals surface area (Å²) < 4.78 is 28.8. The maximum absolute atomic E-state index is 12.7. The van der Waals surface area contributed by atoms with E-state index in [1.54, 1.807) is 22.8 Å². The molecule has 21 heavy (non-hydrogen) atoms. The van der Waals surface area contributed by atoms with Crippen molar-refractivity contribution < 1.29 is 8.78 Å². The zero-order chi connectivity index (χ0) is 15.0. The molecular weight excluding hydrogens is 425 g/mol. The van der Waals surface area contributed by atoms with Gasteiger partial charge in [0, 0.05) is 8.47 Å². The fourth-order valence-corrected chi connectivity index (χ4v) is 3.59. The van der Waals surface area contributed by atoms with Gasteiger partial charge < -0.3 is 4.98 Å². The number of fused-ring (bicyclic) bond motifs is 1. The molecule has 0 aliphatic rings. The lowest BCUT2D eigenvalue weighted by Gasteiger charge is -2.10. The summed E-state index contributed by atoms with van der Waals surface area (Å²) in [6.45, 7) is 0. The molecule has 7 heteroatoms. The summed E-state index contributed by atoms with van der Waals surface area (Å²) in [6.07, 6.45) is 0. The van der Waals surface area contributed by atoms with Crippen LogP contribution in [0.15, 0.2) is 47.4 Å². The third-order valence-electron chi connectivity index (χ3n) is 2.97. The van der Waals surface area contributed by atoms with Gasteiger partial charge in [0.05, 0.1) is 16.7 Å². The lowest BCUT2D eigenvalue weighted by atomic mass is 10.3. The average molecular weight is 434 g/mol. The minimum atomic E-state index is -2.47. The molecule has 0 atom stereocenters. The number of thioether (sulfide) groups is 1. The Hall–Kier alpha value is -0.930. The molecule has 3 aromatic rings. The fourth-order valence-electron chi connectivity index (χ4n) is 2.16. The van der Waals surface area contributed by atoms with Crippen molar-refractivity contribution in [1.82, 2.24) is 9.55 Å². The van der Waals surface area contributed by atoms with Crippen molar-refractivity contribution in [2.45, 2.75) is 10.7 Å². The van der Waals surface area contributed by atoms with Gasteiger partial charge in [0.15, 0.2) is 4.77 Å². The Morgan fingerprint density at radius 1 is 1.19 bits per heavy atom. The van der Waals surface area contributed by atoms with Gasteiger partial charge in [0.2, 0.25) is 0 Å². The molecule has 1 heterocycles. The smallest absolute Gasteiger partial charge is 0.288 e. The van der Waals surface area contributed by atoms with Gasteiger partial charge in [-0.3, -0.25) is 4.57 Å². The quantitative estimate of drug-likeness (QED) is 0.329. The number of H-pyrrole nitrogens is 1. The number of imidazole rings is 1. The minimum absolute atomic E-state index is 0.495. The van der Waals surface area contributed by atoms with E-state index in [-0.39, 0.29) is 0 Å². The Morgan fingerprint density at radius 3 is 2.71 bits per heavy atom. The van der Waals surface area contributed by atoms with Crippen molar-refractivity contribution >= 4 is 57.6 Å². The lowest BCUT2D eigenvalue weighted by molar-refractivity contribution is 0.252. The van der Waals surface area contributed by atoms with Crippen LogP contribution in [-0.2, 0) is 0 Å². The summed E-state index contributed by atoms with van der Waals surface area (Å²) in [7, 11) is 0. The Balaban J connectivity index is 2.26. The van der Waals surface area contributed by atoms with Crippen molar-refractivity contribution in [1.29, 1.82) is 0 Å². The molecule has 1 N–H and O–H groups in total. The maximum Gasteiger partial charge on any atom is 0.288 e. The largest absolute Gasteiger partial charge is 0.330 e. The van der Waals surface area contributed by atoms with Crippen LogP contribution in [0.2, 0.25) is 0 Å². The zero-order valence-electron chi connectivity index (χ0n) is 10.5. The first-order valence-corrected chi connectivity index (χ1v) is 8.37. The van der Waals surface area contributed by atoms with Crippen molar-refractivity contribution in [3.63, 3.8) is 0 Å². The molecule has 0 radical (unpaired) electrons. The molecule has 3 rings (SSSR count). The number of hydrogen-bond donors (Lipinski definition) is 1. The van der Waals surface area contributed by atoms with Gasteiger partial charge in [-0.1, -0.05) is 23.9 Å². The molecule has 0 spiro atoms. The average Bonchev–Trinajstić information content (AvgIpc) is 2.74. The molecule has 0 fully saturated rings. The van der Waals surface area contributed by atoms with Gasteiger partial charge in [0.1, 0.15) is 0 Å². The predicted octanol–water partition coefficient (Wildman–Crippen LogP) is 5.61. The zero-order valence-corrected chi connectivity index (χ0v) is 14.3. The lowest BCUT2D eigenvalue weighted by Crippen LogP contribution is -1.97. The van der Waals surface area contributed by atoms with Gasteiger partial charge in [-0.15, -0.1) is 0 Å². The maximum atomic E-state index is 12.7. The van der Waals surface area contributed by atoms with E-state index in [0.717, 1.165) is 14.6 Å². The van der Waals surface area contributed by atoms with Crippen LogP contribution in [0.5, 0.6) is 0 Å². The van der Waals surface area contributed by atoms with Crippen molar-refractivity contribution in [2.75, 3.05) is 0 Å². The van der Waals surface area contributed by atoms with E-state index in [4.69, 9.17) is 12.2 Å². The van der Waals surface area contributed by atoms with Crippen LogP contribution >= 0.6 is 46.6 Å². The highest BCUT2D eigenvalue weighted by molar-refractivity contribution is 14.1. The molecule has 2 nitrogen and oxygen atoms in total. The van der Waals surface area contributed by atoms with E-state index in [1.165, 1.54) is 0 Å². The Labute approximate surface area is 142 Å². The molecule has 2 aromatic carbocycles. The molecule has 0 saturated heterocycles. The molecule has 108 valence electrons. The van der Waals surface area contributed by atoms with E-state index in [9.17, 15) is 8.78 Å². The minimum Gasteiger partial charge on any atom is -0.330 e. The van der Waals surface area contributed by atoms with Crippen LogP contribution in [-0.4, -0.2) is 15.3 Å². The molecule has 0 bridgehead atoms. The molecule has 0 aliphatic carbocycles. The molecular formula is C14H9F2IN2S2. The Morgan fingerprint density at radius 2 is 1.95 bits per heavy atom. The van der Waals surface area contributed by atoms with Crippen molar-refractivity contribution in [3.8, 4) is 5.69 Å². The van der Waals surface area contributed by atoms with Crippen molar-refractivity contribution in [3.05, 3.63) is 50.8 Å². The number of hydrogen-bond acceptors (Lipinski definition) is 2. The summed E-state index contributed by atoms with van der Waals surface area (Å²) in [4.78, 5) is 3.63. The summed E-state index contributed by atoms with van der Waals surface area (Å²) in [6, 6.07) is 12.9. The highest BCUT2D eigenvalue weighted by Crippen LogP contribution is 2.32. The normalized spacial score (nSPS) is 11.4. The van der Waals surface area contributed by atoms with Gasteiger partial charge in [-0.05, 0) is 65.1 Å². The summed E-state index contributed by atoms with van der Waals surface area (Å²) in [5, 5.41) is 0. The molecule has 0 unspecified atom stereocenters. The first-order chi connectivity index (χ1) is 10.1. The second kappa shape index (κ2) is 6.05. The van der Waals surface area contributed by atoms with E-state index >= 15 is 0 Å². The summed E-state index contributed by atoms with van der Waals surface area (Å²) in [5.41, 5.74) is 2.44. The van der Waals surface area contributed by atoms with E-state index in [2.05, 4.69) is 27.6 Å². The van der Waals surface area contributed by atoms with E-state index in [0.29, 0.717) is 27.1 Å². The Kier molecular flexibility index (Phi) is 4.32. The number of para-hydroxylation sites is 1. The van der Waals surface area contributed by atoms with Crippen LogP contribution in [0.4, 0.5) is 8.78 Å². The number of rotatable bonds is 3. The number of nitrogens with one attached hydrogen (secondary N) is 1. The third-order valence-corrected chi connectivity index (χ3v) is 4.70. The Bertz CT molecular complexity index is 858. The van der Waals surface area contributed by atoms with Crippen molar-refractivity contribution in [2.24, 2.45) is 0 Å². The number of aromatic nitrogens is 2. The summed E-state index contributed by atoms with van der Waals surface area (Å²) in [5.74, 6) is -2.47. The van der Waals surface area contributed by atoms with E-state index < -0.39 is 5.76 Å². The van der Waals surface area contributed by atoms with Gasteiger partial charge in [0.25, 0.3) is 5.76 Å². The number of alkyl halides is 2. The highest BCUT2D eigenvalue weighted by atomic mass is 127. The number of halogens is 3. The van der Waals surface area contributed by atoms with E-state index in [1.807, 2.05) is 24.3 Å². The number of nitrogens with zero attached hydrogens (tertiary/aromatic N) is 1. The molecule has 0 saturated carbocycles. The van der Waals surface area contributed by atoms with Crippen LogP contribution in [0, 0.1) is 8.34 Å². The highest BCUT2D eigenvalue weighted by Gasteiger charge is 2.14. The van der Waals surface area contributed by atoms with Gasteiger partial charge in [-0.25, -0.2) is 0 Å². The molecule has 0 aliphatic heterocycles. The van der Waals surface area contributed by atoms with Crippen LogP contribution < -0.4 is 0 Å². The standard InChI is InChI=1S/C14H9F2IN2S2/c15-13(16)21-12-4-2-1-3-11(12)19-10-6-5-8(17)7-9(10)18-14(19)20/h1-7,13H,(H,18,20). The number of benzene rings is 2. The topological polar surface area (TPSA) is 20.7 Å². The SMILES string of the molecule is FC(F)Sc1ccccc1-n1c(=S)[nH]c2cc(I)ccc21. The van der Waals surface area contributed by atoms with Crippen LogP contribution in [0.1, 0.15) is 0 Å². The second-order valence-corrected chi connectivity index (χ2v) is 6.94. The van der Waals surface area contributed by atoms with Crippen LogP contribution in [0.25, 0.3) is 16.7 Å². The molecule has 0 amide bonds. The van der Waals surface area contributed by atoms with Gasteiger partial charge in [-0.2, -0.15) is 8.78 Å². The fraction of sp³-hybridized carbons (Fsp3) is 0.0714. The van der Waals surface area contributed by atoms with Crippen LogP contribution in [0.3, 0.4) is 0 Å². The summed E-state index contributed by atoms with van der Waals surface area (Å²) >= 11 is 8.11. The third kappa shape index (κ3) is 3.00. The molecule has 1 aromatic heterocycles. The first-order valence-electron chi connectivity index (χ1n) is 6.01. The predicted molar refractivity (Wildman–Crippen MR) is 93.0 cm³/mol. The first kappa shape index (κ1) is 15.0. The second-order valence-electron chi connectivity index (χ2n) is 4.27. The monoisotopic (exact) mass is 434 g/mol. The van der Waals surface area contributed by atoms with Gasteiger partial charge >= 0.3 is 0 Å². The number of aromatic amines is 1.